The predicted molar refractivity (Wildman–Crippen MR) is 93.5 cm³/mol. The topological polar surface area (TPSA) is 59.3 Å². The molecule has 0 saturated carbocycles. The molecule has 2 heterocycles. The Morgan fingerprint density at radius 3 is 2.75 bits per heavy atom. The Morgan fingerprint density at radius 1 is 1.12 bits per heavy atom. The van der Waals surface area contributed by atoms with Gasteiger partial charge in [0, 0.05) is 17.1 Å². The van der Waals surface area contributed by atoms with E-state index in [0.29, 0.717) is 11.3 Å². The molecule has 2 aromatic heterocycles. The van der Waals surface area contributed by atoms with Gasteiger partial charge < -0.3 is 5.32 Å². The van der Waals surface area contributed by atoms with Gasteiger partial charge in [-0.3, -0.25) is 9.20 Å². The van der Waals surface area contributed by atoms with Crippen LogP contribution in [0.25, 0.3) is 5.65 Å². The van der Waals surface area contributed by atoms with E-state index in [0.717, 1.165) is 29.9 Å². The molecule has 3 aromatic rings. The zero-order chi connectivity index (χ0) is 16.7. The Kier molecular flexibility index (Phi) is 3.56. The van der Waals surface area contributed by atoms with E-state index >= 15 is 0 Å². The van der Waals surface area contributed by atoms with E-state index in [9.17, 15) is 4.79 Å². The Morgan fingerprint density at radius 2 is 1.92 bits per heavy atom. The van der Waals surface area contributed by atoms with Gasteiger partial charge in [-0.1, -0.05) is 6.07 Å². The van der Waals surface area contributed by atoms with Gasteiger partial charge in [0.25, 0.3) is 5.91 Å². The quantitative estimate of drug-likeness (QED) is 0.786. The smallest absolute Gasteiger partial charge is 0.278 e. The van der Waals surface area contributed by atoms with E-state index in [-0.39, 0.29) is 5.91 Å². The number of amides is 1. The van der Waals surface area contributed by atoms with Crippen molar-refractivity contribution in [1.29, 1.82) is 0 Å². The van der Waals surface area contributed by atoms with Crippen LogP contribution in [0, 0.1) is 13.8 Å². The van der Waals surface area contributed by atoms with Gasteiger partial charge in [-0.15, -0.1) is 0 Å². The van der Waals surface area contributed by atoms with Crippen LogP contribution < -0.4 is 5.32 Å². The zero-order valence-electron chi connectivity index (χ0n) is 14.0. The second kappa shape index (κ2) is 5.74. The molecule has 0 aliphatic heterocycles. The van der Waals surface area contributed by atoms with Gasteiger partial charge in [-0.25, -0.2) is 9.97 Å². The van der Waals surface area contributed by atoms with Crippen LogP contribution in [0.5, 0.6) is 0 Å². The van der Waals surface area contributed by atoms with Crippen LogP contribution in [0.4, 0.5) is 5.69 Å². The van der Waals surface area contributed by atoms with E-state index in [1.807, 2.05) is 30.4 Å². The molecule has 0 bridgehead atoms. The number of aryl methyl sites for hydroxylation is 4. The third kappa shape index (κ3) is 2.56. The van der Waals surface area contributed by atoms with Gasteiger partial charge >= 0.3 is 0 Å². The summed E-state index contributed by atoms with van der Waals surface area (Å²) in [6, 6.07) is 8.17. The molecule has 1 aliphatic carbocycles. The predicted octanol–water partition coefficient (Wildman–Crippen LogP) is 3.48. The van der Waals surface area contributed by atoms with Crippen molar-refractivity contribution in [2.45, 2.75) is 39.5 Å². The summed E-state index contributed by atoms with van der Waals surface area (Å²) >= 11 is 0. The summed E-state index contributed by atoms with van der Waals surface area (Å²) in [7, 11) is 0. The molecule has 0 unspecified atom stereocenters. The summed E-state index contributed by atoms with van der Waals surface area (Å²) in [5.41, 5.74) is 6.42. The number of nitrogens with one attached hydrogen (secondary N) is 1. The molecule has 0 radical (unpaired) electrons. The largest absolute Gasteiger partial charge is 0.321 e. The van der Waals surface area contributed by atoms with Crippen LogP contribution in [0.1, 0.15) is 45.8 Å². The molecule has 1 amide bonds. The van der Waals surface area contributed by atoms with Crippen molar-refractivity contribution in [2.75, 3.05) is 5.32 Å². The van der Waals surface area contributed by atoms with Crippen LogP contribution in [0.2, 0.25) is 0 Å². The average Bonchev–Trinajstić information content (AvgIpc) is 2.99. The first-order chi connectivity index (χ1) is 11.6. The number of fused-ring (bicyclic) bond motifs is 2. The Bertz CT molecular complexity index is 942. The van der Waals surface area contributed by atoms with E-state index in [1.54, 1.807) is 6.33 Å². The lowest BCUT2D eigenvalue weighted by Gasteiger charge is -2.16. The van der Waals surface area contributed by atoms with Crippen molar-refractivity contribution < 1.29 is 4.79 Å². The second-order valence-electron chi connectivity index (χ2n) is 6.47. The number of nitrogens with zero attached hydrogens (tertiary/aromatic N) is 3. The van der Waals surface area contributed by atoms with E-state index < -0.39 is 0 Å². The van der Waals surface area contributed by atoms with Crippen LogP contribution in [0.3, 0.4) is 0 Å². The molecule has 1 N–H and O–H groups in total. The molecule has 0 atom stereocenters. The van der Waals surface area contributed by atoms with Gasteiger partial charge in [-0.05, 0) is 68.9 Å². The second-order valence-corrected chi connectivity index (χ2v) is 6.47. The maximum Gasteiger partial charge on any atom is 0.278 e. The summed E-state index contributed by atoms with van der Waals surface area (Å²) < 4.78 is 1.84. The normalized spacial score (nSPS) is 13.8. The fourth-order valence-electron chi connectivity index (χ4n) is 3.44. The number of hydrogen-bond donors (Lipinski definition) is 1. The number of hydrogen-bond acceptors (Lipinski definition) is 3. The molecule has 1 aromatic carbocycles. The fraction of sp³-hybridized carbons (Fsp3) is 0.316. The average molecular weight is 320 g/mol. The molecule has 1 aliphatic rings. The van der Waals surface area contributed by atoms with Crippen LogP contribution in [0.15, 0.2) is 30.6 Å². The SMILES string of the molecule is Cc1cc(C)n2cnc(C(=O)Nc3ccc4c(c3)CCCC4)c2n1. The Balaban J connectivity index is 1.65. The van der Waals surface area contributed by atoms with E-state index in [1.165, 1.54) is 24.0 Å². The molecule has 24 heavy (non-hydrogen) atoms. The van der Waals surface area contributed by atoms with Crippen LogP contribution in [-0.4, -0.2) is 20.3 Å². The van der Waals surface area contributed by atoms with Gasteiger partial charge in [0.1, 0.15) is 6.33 Å². The van der Waals surface area contributed by atoms with E-state index in [2.05, 4.69) is 27.4 Å². The molecule has 0 fully saturated rings. The maximum absolute atomic E-state index is 12.7. The van der Waals surface area contributed by atoms with E-state index in [4.69, 9.17) is 0 Å². The Labute approximate surface area is 140 Å². The molecule has 4 rings (SSSR count). The fourth-order valence-corrected chi connectivity index (χ4v) is 3.44. The Hall–Kier alpha value is -2.69. The third-order valence-electron chi connectivity index (χ3n) is 4.64. The third-order valence-corrected chi connectivity index (χ3v) is 4.64. The minimum absolute atomic E-state index is 0.217. The van der Waals surface area contributed by atoms with Crippen molar-refractivity contribution in [2.24, 2.45) is 0 Å². The summed E-state index contributed by atoms with van der Waals surface area (Å²) in [5, 5.41) is 2.97. The van der Waals surface area contributed by atoms with Crippen molar-refractivity contribution in [1.82, 2.24) is 14.4 Å². The highest BCUT2D eigenvalue weighted by molar-refractivity contribution is 6.06. The highest BCUT2D eigenvalue weighted by Gasteiger charge is 2.17. The standard InChI is InChI=1S/C19H20N4O/c1-12-9-13(2)23-11-20-17(18(23)21-12)19(24)22-16-8-7-14-5-3-4-6-15(14)10-16/h7-11H,3-6H2,1-2H3,(H,22,24). The number of benzene rings is 1. The summed E-state index contributed by atoms with van der Waals surface area (Å²) in [5.74, 6) is -0.217. The van der Waals surface area contributed by atoms with Crippen LogP contribution in [-0.2, 0) is 12.8 Å². The minimum Gasteiger partial charge on any atom is -0.321 e. The van der Waals surface area contributed by atoms with Crippen molar-refractivity contribution in [3.63, 3.8) is 0 Å². The number of anilines is 1. The summed E-state index contributed by atoms with van der Waals surface area (Å²) in [4.78, 5) is 21.4. The van der Waals surface area contributed by atoms with Crippen molar-refractivity contribution >= 4 is 17.2 Å². The highest BCUT2D eigenvalue weighted by Crippen LogP contribution is 2.24. The van der Waals surface area contributed by atoms with Gasteiger partial charge in [-0.2, -0.15) is 0 Å². The maximum atomic E-state index is 12.7. The minimum atomic E-state index is -0.217. The summed E-state index contributed by atoms with van der Waals surface area (Å²) in [6.07, 6.45) is 6.35. The monoisotopic (exact) mass is 320 g/mol. The van der Waals surface area contributed by atoms with Gasteiger partial charge in [0.15, 0.2) is 11.3 Å². The zero-order valence-corrected chi connectivity index (χ0v) is 14.0. The van der Waals surface area contributed by atoms with Gasteiger partial charge in [0.05, 0.1) is 0 Å². The lowest BCUT2D eigenvalue weighted by molar-refractivity contribution is 0.102. The van der Waals surface area contributed by atoms with Crippen molar-refractivity contribution in [3.8, 4) is 0 Å². The molecule has 5 nitrogen and oxygen atoms in total. The first-order valence-electron chi connectivity index (χ1n) is 8.36. The number of carbonyl (C=O) groups excluding carboxylic acids is 1. The van der Waals surface area contributed by atoms with Gasteiger partial charge in [0.2, 0.25) is 0 Å². The number of rotatable bonds is 2. The molecule has 5 heteroatoms. The first-order valence-corrected chi connectivity index (χ1v) is 8.36. The molecule has 0 saturated heterocycles. The lowest BCUT2D eigenvalue weighted by atomic mass is 9.91. The molecule has 122 valence electrons. The molecule has 0 spiro atoms. The summed E-state index contributed by atoms with van der Waals surface area (Å²) in [6.45, 7) is 3.90. The molecular weight excluding hydrogens is 300 g/mol. The van der Waals surface area contributed by atoms with Crippen molar-refractivity contribution in [3.05, 3.63) is 58.8 Å². The highest BCUT2D eigenvalue weighted by atomic mass is 16.1. The number of aromatic nitrogens is 3. The van der Waals surface area contributed by atoms with Crippen LogP contribution >= 0.6 is 0 Å². The number of carbonyl (C=O) groups is 1. The molecular formula is C19H20N4O. The number of imidazole rings is 1. The first kappa shape index (κ1) is 14.9. The lowest BCUT2D eigenvalue weighted by Crippen LogP contribution is -2.14.